The van der Waals surface area contributed by atoms with Crippen LogP contribution in [-0.2, 0) is 0 Å². The average molecular weight is 263 g/mol. The van der Waals surface area contributed by atoms with Gasteiger partial charge in [-0.3, -0.25) is 4.79 Å². The number of thiazole rings is 1. The van der Waals surface area contributed by atoms with Crippen LogP contribution in [-0.4, -0.2) is 22.3 Å². The zero-order chi connectivity index (χ0) is 13.3. The van der Waals surface area contributed by atoms with Crippen molar-refractivity contribution in [3.05, 3.63) is 22.2 Å². The van der Waals surface area contributed by atoms with Crippen molar-refractivity contribution >= 4 is 22.3 Å². The summed E-state index contributed by atoms with van der Waals surface area (Å²) >= 11 is 1.57. The van der Waals surface area contributed by atoms with E-state index >= 15 is 0 Å². The second kappa shape index (κ2) is 4.94. The van der Waals surface area contributed by atoms with E-state index in [9.17, 15) is 4.79 Å². The van der Waals surface area contributed by atoms with Gasteiger partial charge in [-0.1, -0.05) is 0 Å². The summed E-state index contributed by atoms with van der Waals surface area (Å²) in [4.78, 5) is 19.4. The quantitative estimate of drug-likeness (QED) is 0.831. The second-order valence-corrected chi connectivity index (χ2v) is 5.11. The van der Waals surface area contributed by atoms with Crippen molar-refractivity contribution in [3.8, 4) is 11.4 Å². The predicted octanol–water partition coefficient (Wildman–Crippen LogP) is 3.39. The molecule has 2 N–H and O–H groups in total. The number of aryl methyl sites for hydroxylation is 1. The first-order chi connectivity index (χ1) is 8.54. The van der Waals surface area contributed by atoms with E-state index in [1.807, 2.05) is 26.2 Å². The standard InChI is InChI=1S/C13H17N3OS/c1-5-14-13-16-10(6-18-13)12-7(2)11(9(4)17)8(3)15-12/h6,15H,5H2,1-4H3,(H,14,16). The highest BCUT2D eigenvalue weighted by molar-refractivity contribution is 7.14. The summed E-state index contributed by atoms with van der Waals surface area (Å²) < 4.78 is 0. The molecule has 0 unspecified atom stereocenters. The SMILES string of the molecule is CCNc1nc(-c2[nH]c(C)c(C(C)=O)c2C)cs1. The van der Waals surface area contributed by atoms with E-state index in [0.29, 0.717) is 0 Å². The Morgan fingerprint density at radius 3 is 2.78 bits per heavy atom. The fourth-order valence-corrected chi connectivity index (χ4v) is 2.93. The Labute approximate surface area is 110 Å². The highest BCUT2D eigenvalue weighted by Gasteiger charge is 2.17. The van der Waals surface area contributed by atoms with Gasteiger partial charge < -0.3 is 10.3 Å². The fourth-order valence-electron chi connectivity index (χ4n) is 2.16. The Morgan fingerprint density at radius 1 is 1.50 bits per heavy atom. The number of Topliss-reactive ketones (excluding diaryl/α,β-unsaturated/α-hetero) is 1. The number of rotatable bonds is 4. The van der Waals surface area contributed by atoms with Crippen LogP contribution in [0.1, 0.15) is 35.5 Å². The number of carbonyl (C=O) groups is 1. The van der Waals surface area contributed by atoms with Gasteiger partial charge in [0, 0.05) is 23.2 Å². The van der Waals surface area contributed by atoms with Crippen LogP contribution in [0.15, 0.2) is 5.38 Å². The van der Waals surface area contributed by atoms with Crippen molar-refractivity contribution in [3.63, 3.8) is 0 Å². The van der Waals surface area contributed by atoms with Gasteiger partial charge in [-0.15, -0.1) is 11.3 Å². The third-order valence-electron chi connectivity index (χ3n) is 2.88. The molecule has 0 saturated carbocycles. The molecule has 0 aliphatic carbocycles. The minimum atomic E-state index is 0.0923. The number of aromatic amines is 1. The molecule has 96 valence electrons. The molecule has 0 amide bonds. The van der Waals surface area contributed by atoms with E-state index in [1.165, 1.54) is 0 Å². The normalized spacial score (nSPS) is 10.7. The van der Waals surface area contributed by atoms with Crippen LogP contribution < -0.4 is 5.32 Å². The Morgan fingerprint density at radius 2 is 2.22 bits per heavy atom. The zero-order valence-corrected chi connectivity index (χ0v) is 11.9. The third kappa shape index (κ3) is 2.18. The average Bonchev–Trinajstić information content (AvgIpc) is 2.84. The summed E-state index contributed by atoms with van der Waals surface area (Å²) in [7, 11) is 0. The minimum absolute atomic E-state index is 0.0923. The van der Waals surface area contributed by atoms with Crippen LogP contribution in [0.3, 0.4) is 0 Å². The van der Waals surface area contributed by atoms with Gasteiger partial charge in [0.1, 0.15) is 5.69 Å². The number of nitrogens with one attached hydrogen (secondary N) is 2. The minimum Gasteiger partial charge on any atom is -0.362 e. The molecule has 0 atom stereocenters. The molecule has 18 heavy (non-hydrogen) atoms. The van der Waals surface area contributed by atoms with E-state index in [1.54, 1.807) is 18.3 Å². The van der Waals surface area contributed by atoms with Crippen LogP contribution in [0.4, 0.5) is 5.13 Å². The largest absolute Gasteiger partial charge is 0.362 e. The lowest BCUT2D eigenvalue weighted by molar-refractivity contribution is 0.101. The lowest BCUT2D eigenvalue weighted by Gasteiger charge is -1.97. The molecule has 0 aliphatic rings. The highest BCUT2D eigenvalue weighted by Crippen LogP contribution is 2.30. The second-order valence-electron chi connectivity index (χ2n) is 4.25. The van der Waals surface area contributed by atoms with Gasteiger partial charge >= 0.3 is 0 Å². The molecule has 0 aliphatic heterocycles. The first-order valence-electron chi connectivity index (χ1n) is 5.94. The molecule has 2 aromatic heterocycles. The van der Waals surface area contributed by atoms with Crippen LogP contribution in [0, 0.1) is 13.8 Å². The number of hydrogen-bond acceptors (Lipinski definition) is 4. The molecule has 0 bridgehead atoms. The summed E-state index contributed by atoms with van der Waals surface area (Å²) in [5.41, 5.74) is 4.51. The van der Waals surface area contributed by atoms with Gasteiger partial charge in [-0.2, -0.15) is 0 Å². The van der Waals surface area contributed by atoms with Gasteiger partial charge in [-0.05, 0) is 33.3 Å². The smallest absolute Gasteiger partial charge is 0.183 e. The summed E-state index contributed by atoms with van der Waals surface area (Å²) in [5.74, 6) is 0.0923. The maximum absolute atomic E-state index is 11.6. The van der Waals surface area contributed by atoms with Crippen molar-refractivity contribution in [1.82, 2.24) is 9.97 Å². The molecular weight excluding hydrogens is 246 g/mol. The molecule has 2 heterocycles. The predicted molar refractivity (Wildman–Crippen MR) is 75.5 cm³/mol. The lowest BCUT2D eigenvalue weighted by atomic mass is 10.1. The molecule has 2 rings (SSSR count). The molecule has 0 aromatic carbocycles. The molecule has 4 nitrogen and oxygen atoms in total. The number of anilines is 1. The van der Waals surface area contributed by atoms with E-state index in [4.69, 9.17) is 0 Å². The van der Waals surface area contributed by atoms with Crippen LogP contribution >= 0.6 is 11.3 Å². The maximum Gasteiger partial charge on any atom is 0.183 e. The number of nitrogens with zero attached hydrogens (tertiary/aromatic N) is 1. The lowest BCUT2D eigenvalue weighted by Crippen LogP contribution is -1.95. The van der Waals surface area contributed by atoms with Crippen molar-refractivity contribution in [2.45, 2.75) is 27.7 Å². The number of aromatic nitrogens is 2. The summed E-state index contributed by atoms with van der Waals surface area (Å²) in [6.45, 7) is 8.37. The zero-order valence-electron chi connectivity index (χ0n) is 11.0. The summed E-state index contributed by atoms with van der Waals surface area (Å²) in [6, 6.07) is 0. The Balaban J connectivity index is 2.44. The molecule has 0 fully saturated rings. The van der Waals surface area contributed by atoms with E-state index in [2.05, 4.69) is 15.3 Å². The van der Waals surface area contributed by atoms with Crippen LogP contribution in [0.5, 0.6) is 0 Å². The van der Waals surface area contributed by atoms with E-state index in [-0.39, 0.29) is 5.78 Å². The third-order valence-corrected chi connectivity index (χ3v) is 3.68. The molecular formula is C13H17N3OS. The monoisotopic (exact) mass is 263 g/mol. The number of carbonyl (C=O) groups excluding carboxylic acids is 1. The van der Waals surface area contributed by atoms with Gasteiger partial charge in [-0.25, -0.2) is 4.98 Å². The fraction of sp³-hybridized carbons (Fsp3) is 0.385. The van der Waals surface area contributed by atoms with Crippen molar-refractivity contribution < 1.29 is 4.79 Å². The number of hydrogen-bond donors (Lipinski definition) is 2. The molecule has 0 saturated heterocycles. The molecule has 0 spiro atoms. The molecule has 2 aromatic rings. The molecule has 0 radical (unpaired) electrons. The first kappa shape index (κ1) is 12.8. The van der Waals surface area contributed by atoms with Gasteiger partial charge in [0.15, 0.2) is 10.9 Å². The van der Waals surface area contributed by atoms with Crippen molar-refractivity contribution in [1.29, 1.82) is 0 Å². The first-order valence-corrected chi connectivity index (χ1v) is 6.82. The Bertz CT molecular complexity index is 583. The Kier molecular flexibility index (Phi) is 3.52. The Hall–Kier alpha value is -1.62. The number of H-pyrrole nitrogens is 1. The highest BCUT2D eigenvalue weighted by atomic mass is 32.1. The van der Waals surface area contributed by atoms with Gasteiger partial charge in [0.2, 0.25) is 0 Å². The maximum atomic E-state index is 11.6. The van der Waals surface area contributed by atoms with Crippen molar-refractivity contribution in [2.75, 3.05) is 11.9 Å². The molecule has 5 heteroatoms. The summed E-state index contributed by atoms with van der Waals surface area (Å²) in [6.07, 6.45) is 0. The van der Waals surface area contributed by atoms with Gasteiger partial charge in [0.25, 0.3) is 0 Å². The van der Waals surface area contributed by atoms with Gasteiger partial charge in [0.05, 0.1) is 5.69 Å². The summed E-state index contributed by atoms with van der Waals surface area (Å²) in [5, 5.41) is 6.09. The van der Waals surface area contributed by atoms with Crippen LogP contribution in [0.25, 0.3) is 11.4 Å². The van der Waals surface area contributed by atoms with Crippen LogP contribution in [0.2, 0.25) is 0 Å². The van der Waals surface area contributed by atoms with E-state index in [0.717, 1.165) is 39.9 Å². The number of ketones is 1. The topological polar surface area (TPSA) is 57.8 Å². The van der Waals surface area contributed by atoms with Crippen molar-refractivity contribution in [2.24, 2.45) is 0 Å². The van der Waals surface area contributed by atoms with E-state index < -0.39 is 0 Å².